The molecule has 0 aliphatic heterocycles. The van der Waals surface area contributed by atoms with E-state index in [0.29, 0.717) is 5.69 Å². The molecule has 0 atom stereocenters. The predicted octanol–water partition coefficient (Wildman–Crippen LogP) is 4.21. The average Bonchev–Trinajstić information content (AvgIpc) is 2.72. The van der Waals surface area contributed by atoms with Gasteiger partial charge in [0.25, 0.3) is 0 Å². The Morgan fingerprint density at radius 1 is 0.933 bits per heavy atom. The molecule has 0 saturated heterocycles. The van der Waals surface area contributed by atoms with Gasteiger partial charge in [-0.15, -0.1) is 0 Å². The Kier molecular flexibility index (Phi) is 6.40. The molecule has 0 amide bonds. The second kappa shape index (κ2) is 8.83. The molecule has 4 nitrogen and oxygen atoms in total. The molecular formula is C25H25NO3S. The molecule has 1 aromatic heterocycles. The second-order valence-corrected chi connectivity index (χ2v) is 10.2. The van der Waals surface area contributed by atoms with Crippen molar-refractivity contribution in [1.82, 2.24) is 4.98 Å². The van der Waals surface area contributed by atoms with Crippen LogP contribution in [0.1, 0.15) is 37.6 Å². The number of pyridine rings is 1. The van der Waals surface area contributed by atoms with Gasteiger partial charge < -0.3 is 5.11 Å². The van der Waals surface area contributed by atoms with Crippen molar-refractivity contribution in [2.24, 2.45) is 0 Å². The summed E-state index contributed by atoms with van der Waals surface area (Å²) in [6.07, 6.45) is 1.72. The largest absolute Gasteiger partial charge is 0.395 e. The molecule has 3 rings (SSSR count). The summed E-state index contributed by atoms with van der Waals surface area (Å²) in [5, 5.41) is 8.97. The molecular weight excluding hydrogens is 394 g/mol. The number of nitrogens with zero attached hydrogens (tertiary/aromatic N) is 1. The smallest absolute Gasteiger partial charge is 0.180 e. The highest BCUT2D eigenvalue weighted by atomic mass is 32.2. The van der Waals surface area contributed by atoms with Crippen LogP contribution in [0.4, 0.5) is 0 Å². The van der Waals surface area contributed by atoms with Crippen molar-refractivity contribution in [3.05, 3.63) is 83.7 Å². The highest BCUT2D eigenvalue weighted by Gasteiger charge is 2.17. The van der Waals surface area contributed by atoms with E-state index in [9.17, 15) is 8.42 Å². The normalized spacial score (nSPS) is 11.6. The van der Waals surface area contributed by atoms with E-state index in [0.717, 1.165) is 22.3 Å². The third-order valence-electron chi connectivity index (χ3n) is 4.71. The number of benzene rings is 2. The van der Waals surface area contributed by atoms with Crippen LogP contribution in [0.3, 0.4) is 0 Å². The van der Waals surface area contributed by atoms with Gasteiger partial charge in [-0.3, -0.25) is 0 Å². The summed E-state index contributed by atoms with van der Waals surface area (Å²) in [7, 11) is -3.47. The van der Waals surface area contributed by atoms with Gasteiger partial charge in [-0.1, -0.05) is 51.0 Å². The lowest BCUT2D eigenvalue weighted by molar-refractivity contribution is 0.319. The van der Waals surface area contributed by atoms with E-state index < -0.39 is 16.4 Å². The van der Waals surface area contributed by atoms with Gasteiger partial charge in [-0.05, 0) is 64.4 Å². The molecule has 2 aromatic carbocycles. The number of aliphatic hydroxyl groups is 1. The van der Waals surface area contributed by atoms with E-state index in [-0.39, 0.29) is 16.1 Å². The van der Waals surface area contributed by atoms with Crippen LogP contribution < -0.4 is 0 Å². The van der Waals surface area contributed by atoms with Crippen LogP contribution in [0, 0.1) is 11.8 Å². The van der Waals surface area contributed by atoms with E-state index in [4.69, 9.17) is 5.11 Å². The molecule has 0 radical (unpaired) electrons. The van der Waals surface area contributed by atoms with Crippen molar-refractivity contribution in [3.63, 3.8) is 0 Å². The molecule has 0 bridgehead atoms. The van der Waals surface area contributed by atoms with E-state index in [1.807, 2.05) is 24.3 Å². The minimum absolute atomic E-state index is 0.0676. The monoisotopic (exact) mass is 419 g/mol. The molecule has 0 aliphatic rings. The summed E-state index contributed by atoms with van der Waals surface area (Å²) < 4.78 is 24.3. The predicted molar refractivity (Wildman–Crippen MR) is 120 cm³/mol. The minimum atomic E-state index is -3.47. The van der Waals surface area contributed by atoms with Crippen molar-refractivity contribution in [1.29, 1.82) is 0 Å². The average molecular weight is 420 g/mol. The Labute approximate surface area is 178 Å². The first kappa shape index (κ1) is 21.8. The van der Waals surface area contributed by atoms with Gasteiger partial charge in [0.05, 0.1) is 17.3 Å². The van der Waals surface area contributed by atoms with Gasteiger partial charge >= 0.3 is 0 Å². The van der Waals surface area contributed by atoms with Crippen molar-refractivity contribution in [2.45, 2.75) is 31.1 Å². The molecule has 0 unspecified atom stereocenters. The molecule has 0 aliphatic carbocycles. The van der Waals surface area contributed by atoms with Gasteiger partial charge in [0.2, 0.25) is 0 Å². The van der Waals surface area contributed by atoms with E-state index in [2.05, 4.69) is 49.7 Å². The fraction of sp³-hybridized carbons (Fsp3) is 0.240. The number of aromatic nitrogens is 1. The number of hydrogen-bond donors (Lipinski definition) is 1. The topological polar surface area (TPSA) is 67.3 Å². The number of sulfone groups is 1. The summed E-state index contributed by atoms with van der Waals surface area (Å²) in [6.45, 7) is 6.04. The minimum Gasteiger partial charge on any atom is -0.395 e. The van der Waals surface area contributed by atoms with Crippen LogP contribution in [-0.2, 0) is 15.3 Å². The Hall–Kier alpha value is -2.94. The van der Waals surface area contributed by atoms with Crippen LogP contribution in [0.25, 0.3) is 11.1 Å². The molecule has 1 heterocycles. The van der Waals surface area contributed by atoms with Crippen LogP contribution in [0.15, 0.2) is 71.8 Å². The zero-order valence-electron chi connectivity index (χ0n) is 17.4. The van der Waals surface area contributed by atoms with E-state index in [1.165, 1.54) is 0 Å². The highest BCUT2D eigenvalue weighted by molar-refractivity contribution is 7.91. The van der Waals surface area contributed by atoms with Crippen molar-refractivity contribution in [2.75, 3.05) is 12.4 Å². The molecule has 1 N–H and O–H groups in total. The van der Waals surface area contributed by atoms with Gasteiger partial charge in [-0.25, -0.2) is 13.4 Å². The molecule has 30 heavy (non-hydrogen) atoms. The maximum atomic E-state index is 12.2. The van der Waals surface area contributed by atoms with Crippen LogP contribution in [0.5, 0.6) is 0 Å². The molecule has 3 aromatic rings. The summed E-state index contributed by atoms with van der Waals surface area (Å²) >= 11 is 0. The summed E-state index contributed by atoms with van der Waals surface area (Å²) in [5.74, 6) is 6.02. The number of aliphatic hydroxyl groups excluding tert-OH is 1. The van der Waals surface area contributed by atoms with Crippen molar-refractivity contribution in [3.8, 4) is 23.0 Å². The quantitative estimate of drug-likeness (QED) is 0.643. The Bertz CT molecular complexity index is 1180. The molecule has 0 saturated carbocycles. The maximum Gasteiger partial charge on any atom is 0.180 e. The third-order valence-corrected chi connectivity index (χ3v) is 6.42. The third kappa shape index (κ3) is 5.35. The van der Waals surface area contributed by atoms with Crippen LogP contribution in [-0.4, -0.2) is 30.9 Å². The lowest BCUT2D eigenvalue weighted by Gasteiger charge is -2.20. The molecule has 0 fully saturated rings. The van der Waals surface area contributed by atoms with Gasteiger partial charge in [0.1, 0.15) is 5.69 Å². The number of rotatable bonds is 4. The Morgan fingerprint density at radius 3 is 2.27 bits per heavy atom. The fourth-order valence-corrected chi connectivity index (χ4v) is 3.99. The lowest BCUT2D eigenvalue weighted by Crippen LogP contribution is -2.11. The highest BCUT2D eigenvalue weighted by Crippen LogP contribution is 2.30. The first-order valence-corrected chi connectivity index (χ1v) is 11.4. The molecule has 154 valence electrons. The first-order valence-electron chi connectivity index (χ1n) is 9.72. The standard InChI is InChI=1S/C25H25NO3S/c1-25(2,3)22-17-19(7-10-23-6-4-5-13-26-23)16-21(18-22)20-8-11-24(12-9-20)30(28,29)15-14-27/h4-6,8-9,11-13,16-18,27H,14-15H2,1-3H3. The zero-order valence-corrected chi connectivity index (χ0v) is 18.2. The summed E-state index contributed by atoms with van der Waals surface area (Å²) in [5.41, 5.74) is 4.53. The maximum absolute atomic E-state index is 12.2. The van der Waals surface area contributed by atoms with Gasteiger partial charge in [0, 0.05) is 11.8 Å². The van der Waals surface area contributed by atoms with Crippen molar-refractivity contribution < 1.29 is 13.5 Å². The number of hydrogen-bond acceptors (Lipinski definition) is 4. The zero-order chi connectivity index (χ0) is 21.8. The second-order valence-electron chi connectivity index (χ2n) is 8.08. The first-order chi connectivity index (χ1) is 14.2. The van der Waals surface area contributed by atoms with E-state index in [1.54, 1.807) is 30.5 Å². The van der Waals surface area contributed by atoms with E-state index >= 15 is 0 Å². The van der Waals surface area contributed by atoms with Crippen LogP contribution in [0.2, 0.25) is 0 Å². The van der Waals surface area contributed by atoms with Gasteiger partial charge in [0.15, 0.2) is 9.84 Å². The molecule has 5 heteroatoms. The SMILES string of the molecule is CC(C)(C)c1cc(C#Cc2ccccn2)cc(-c2ccc(S(=O)(=O)CCO)cc2)c1. The van der Waals surface area contributed by atoms with Crippen LogP contribution >= 0.6 is 0 Å². The molecule has 0 spiro atoms. The summed E-state index contributed by atoms with van der Waals surface area (Å²) in [6, 6.07) is 18.6. The fourth-order valence-electron chi connectivity index (χ4n) is 2.97. The summed E-state index contributed by atoms with van der Waals surface area (Å²) in [4.78, 5) is 4.46. The van der Waals surface area contributed by atoms with Crippen molar-refractivity contribution >= 4 is 9.84 Å². The van der Waals surface area contributed by atoms with Gasteiger partial charge in [-0.2, -0.15) is 0 Å². The Morgan fingerprint density at radius 2 is 1.67 bits per heavy atom. The lowest BCUT2D eigenvalue weighted by atomic mass is 9.84. The Balaban J connectivity index is 2.03.